The van der Waals surface area contributed by atoms with Crippen molar-refractivity contribution >= 4 is 0 Å². The molecule has 4 heterocycles. The Morgan fingerprint density at radius 3 is 0.481 bits per heavy atom. The van der Waals surface area contributed by atoms with E-state index < -0.39 is 0 Å². The fourth-order valence-corrected chi connectivity index (χ4v) is 26.2. The lowest BCUT2D eigenvalue weighted by Gasteiger charge is -2.64. The highest BCUT2D eigenvalue weighted by molar-refractivity contribution is 5.12. The summed E-state index contributed by atoms with van der Waals surface area (Å²) in [5, 5.41) is 0. The second kappa shape index (κ2) is 24.6. The Morgan fingerprint density at radius 1 is 0.173 bits per heavy atom. The van der Waals surface area contributed by atoms with Gasteiger partial charge in [-0.2, -0.15) is 0 Å². The summed E-state index contributed by atoms with van der Waals surface area (Å²) in [6, 6.07) is 8.69. The van der Waals surface area contributed by atoms with Crippen LogP contribution < -0.4 is 0 Å². The van der Waals surface area contributed by atoms with Crippen LogP contribution in [0.15, 0.2) is 0 Å². The van der Waals surface area contributed by atoms with Gasteiger partial charge < -0.3 is 18.9 Å². The van der Waals surface area contributed by atoms with Crippen LogP contribution in [0.4, 0.5) is 0 Å². The van der Waals surface area contributed by atoms with Crippen LogP contribution in [-0.4, -0.2) is 141 Å². The molecule has 0 spiro atoms. The summed E-state index contributed by atoms with van der Waals surface area (Å²) in [5.74, 6) is 3.61. The van der Waals surface area contributed by atoms with Crippen LogP contribution in [-0.2, 0) is 18.9 Å². The zero-order valence-corrected chi connectivity index (χ0v) is 51.7. The van der Waals surface area contributed by atoms with Gasteiger partial charge in [0.25, 0.3) is 0 Å². The van der Waals surface area contributed by atoms with E-state index in [1.54, 1.807) is 0 Å². The quantitative estimate of drug-likeness (QED) is 0.238. The predicted octanol–water partition coefficient (Wildman–Crippen LogP) is 16.0. The molecule has 0 aromatic carbocycles. The Hall–Kier alpha value is -0.320. The summed E-state index contributed by atoms with van der Waals surface area (Å²) in [4.78, 5) is 13.1. The number of hydrogen-bond acceptors (Lipinski definition) is 8. The first kappa shape index (κ1) is 56.0. The fourth-order valence-electron chi connectivity index (χ4n) is 26.2. The average Bonchev–Trinajstić information content (AvgIpc) is 3.72. The van der Waals surface area contributed by atoms with Crippen molar-refractivity contribution in [2.24, 2.45) is 29.1 Å². The summed E-state index contributed by atoms with van der Waals surface area (Å²) >= 11 is 0. The lowest BCUT2D eigenvalue weighted by molar-refractivity contribution is -0.204. The van der Waals surface area contributed by atoms with Crippen molar-refractivity contribution < 1.29 is 18.9 Å². The maximum atomic E-state index is 7.19. The molecule has 0 aromatic heterocycles. The maximum Gasteiger partial charge on any atom is 0.0735 e. The zero-order chi connectivity index (χ0) is 53.4. The van der Waals surface area contributed by atoms with E-state index in [0.29, 0.717) is 103 Å². The van der Waals surface area contributed by atoms with Crippen LogP contribution in [0.2, 0.25) is 0 Å². The minimum atomic E-state index is 0.487. The molecule has 0 amide bonds. The molecule has 12 aliphatic carbocycles. The molecule has 4 saturated heterocycles. The Bertz CT molecular complexity index is 1670. The van der Waals surface area contributed by atoms with Crippen LogP contribution in [0.5, 0.6) is 0 Å². The third-order valence-corrected chi connectivity index (χ3v) is 29.1. The van der Waals surface area contributed by atoms with E-state index in [9.17, 15) is 0 Å². The van der Waals surface area contributed by atoms with Crippen LogP contribution >= 0.6 is 0 Å². The van der Waals surface area contributed by atoms with E-state index in [2.05, 4.69) is 19.6 Å². The molecule has 0 bridgehead atoms. The highest BCUT2D eigenvalue weighted by atomic mass is 16.5. The molecular formula is C73H120N4O4. The van der Waals surface area contributed by atoms with Crippen molar-refractivity contribution in [3.05, 3.63) is 0 Å². The van der Waals surface area contributed by atoms with Gasteiger partial charge in [0.2, 0.25) is 0 Å². The Balaban J connectivity index is 0.734. The number of hydrogen-bond donors (Lipinski definition) is 0. The molecule has 81 heavy (non-hydrogen) atoms. The number of nitrogens with zero attached hydrogens (tertiary/aromatic N) is 4. The average molecular weight is 1120 g/mol. The van der Waals surface area contributed by atoms with Gasteiger partial charge in [-0.05, 0) is 235 Å². The third kappa shape index (κ3) is 10.3. The lowest BCUT2D eigenvalue weighted by Crippen LogP contribution is -2.67. The number of morpholine rings is 4. The molecule has 16 rings (SSSR count). The number of ether oxygens (including phenoxy) is 4. The maximum absolute atomic E-state index is 7.19. The molecule has 0 N–H and O–H groups in total. The van der Waals surface area contributed by atoms with Gasteiger partial charge in [-0.15, -0.1) is 0 Å². The predicted molar refractivity (Wildman–Crippen MR) is 325 cm³/mol. The van der Waals surface area contributed by atoms with Gasteiger partial charge in [-0.3, -0.25) is 19.6 Å². The van der Waals surface area contributed by atoms with E-state index in [4.69, 9.17) is 18.9 Å². The number of fused-ring (bicyclic) bond motifs is 8. The van der Waals surface area contributed by atoms with E-state index in [1.807, 2.05) is 0 Å². The van der Waals surface area contributed by atoms with E-state index >= 15 is 0 Å². The number of rotatable bonds is 8. The normalized spacial score (nSPS) is 51.3. The van der Waals surface area contributed by atoms with Gasteiger partial charge in [0, 0.05) is 72.5 Å². The van der Waals surface area contributed by atoms with Crippen LogP contribution in [0.25, 0.3) is 0 Å². The molecule has 4 aliphatic heterocycles. The summed E-state index contributed by atoms with van der Waals surface area (Å²) in [7, 11) is 0. The van der Waals surface area contributed by atoms with Gasteiger partial charge in [0.05, 0.1) is 48.8 Å². The van der Waals surface area contributed by atoms with Crippen molar-refractivity contribution in [1.82, 2.24) is 19.6 Å². The minimum absolute atomic E-state index is 0.487. The van der Waals surface area contributed by atoms with Gasteiger partial charge in [-0.25, -0.2) is 0 Å². The molecule has 0 aromatic rings. The molecule has 8 nitrogen and oxygen atoms in total. The topological polar surface area (TPSA) is 49.9 Å². The van der Waals surface area contributed by atoms with Gasteiger partial charge in [0.15, 0.2) is 0 Å². The van der Waals surface area contributed by atoms with Crippen molar-refractivity contribution in [3.8, 4) is 0 Å². The fraction of sp³-hybridized carbons (Fsp3) is 1.00. The van der Waals surface area contributed by atoms with Gasteiger partial charge >= 0.3 is 0 Å². The van der Waals surface area contributed by atoms with Crippen molar-refractivity contribution in [1.29, 1.82) is 0 Å². The standard InChI is InChI=1S/C73H120N4O4/c1-9-25-65-57(17-1)74(58-18-2-10-26-66(58)78-65)53-41-33-49(34-42-53)73(50-35-43-54(44-36-50)75-59-19-3-11-27-67(59)79-68-28-12-4-20-60(68)75,51-37-45-55(46-38-51)76-61-21-5-13-29-69(61)80-70-30-14-6-22-62(70)76)52-39-47-56(48-40-52)77-63-23-7-15-31-71(63)81-72-32-16-8-24-64(72)77/h49-72H,1-48H2. The third-order valence-electron chi connectivity index (χ3n) is 29.1. The van der Waals surface area contributed by atoms with E-state index in [-0.39, 0.29) is 0 Å². The van der Waals surface area contributed by atoms with Crippen LogP contribution in [0.1, 0.15) is 308 Å². The smallest absolute Gasteiger partial charge is 0.0735 e. The molecule has 16 atom stereocenters. The summed E-state index contributed by atoms with van der Waals surface area (Å²) in [6.45, 7) is 0. The Kier molecular flexibility index (Phi) is 17.0. The van der Waals surface area contributed by atoms with Crippen molar-refractivity contribution in [2.75, 3.05) is 0 Å². The highest BCUT2D eigenvalue weighted by Crippen LogP contribution is 2.65. The SMILES string of the molecule is C1CCC2C(C1)OC1CCCCC1N2C1CCC(C(C2CCC(N3C4CCCCC4OC4CCCCC43)CC2)(C2CCC(N3C4CCCCC4OC4CCCCC43)CC2)C2CCC(N3C4CCCCC4OC4CCCCC43)CC2)CC1. The van der Waals surface area contributed by atoms with Crippen LogP contribution in [0.3, 0.4) is 0 Å². The first-order valence-corrected chi connectivity index (χ1v) is 37.9. The Morgan fingerprint density at radius 2 is 0.321 bits per heavy atom. The molecule has 16 fully saturated rings. The van der Waals surface area contributed by atoms with E-state index in [1.165, 1.54) is 308 Å². The summed E-state index contributed by atoms with van der Waals surface area (Å²) in [5.41, 5.74) is 0.487. The van der Waals surface area contributed by atoms with Gasteiger partial charge in [0.1, 0.15) is 0 Å². The lowest BCUT2D eigenvalue weighted by atomic mass is 9.44. The van der Waals surface area contributed by atoms with Gasteiger partial charge in [-0.1, -0.05) is 103 Å². The first-order valence-electron chi connectivity index (χ1n) is 37.9. The first-order chi connectivity index (χ1) is 40.2. The monoisotopic (exact) mass is 1120 g/mol. The minimum Gasteiger partial charge on any atom is -0.372 e. The molecule has 16 unspecified atom stereocenters. The van der Waals surface area contributed by atoms with Crippen molar-refractivity contribution in [3.63, 3.8) is 0 Å². The summed E-state index contributed by atoms with van der Waals surface area (Å²) < 4.78 is 28.8. The largest absolute Gasteiger partial charge is 0.372 e. The molecule has 456 valence electrons. The molecule has 12 saturated carbocycles. The highest BCUT2D eigenvalue weighted by Gasteiger charge is 2.61. The zero-order valence-electron chi connectivity index (χ0n) is 51.7. The second-order valence-electron chi connectivity index (χ2n) is 32.5. The Labute approximate surface area is 494 Å². The van der Waals surface area contributed by atoms with E-state index in [0.717, 1.165) is 47.8 Å². The van der Waals surface area contributed by atoms with Crippen molar-refractivity contribution in [2.45, 2.75) is 430 Å². The van der Waals surface area contributed by atoms with Crippen LogP contribution in [0, 0.1) is 29.1 Å². The molecular weight excluding hydrogens is 997 g/mol. The second-order valence-corrected chi connectivity index (χ2v) is 32.5. The molecule has 16 aliphatic rings. The molecule has 0 radical (unpaired) electrons. The molecule has 8 heteroatoms. The summed E-state index contributed by atoms with van der Waals surface area (Å²) in [6.07, 6.45) is 72.6.